The quantitative estimate of drug-likeness (QED) is 0.555. The van der Waals surface area contributed by atoms with Crippen molar-refractivity contribution >= 4 is 45.2 Å². The van der Waals surface area contributed by atoms with Crippen molar-refractivity contribution in [2.75, 3.05) is 12.4 Å². The number of benzene rings is 2. The summed E-state index contributed by atoms with van der Waals surface area (Å²) in [4.78, 5) is 12.4. The van der Waals surface area contributed by atoms with Gasteiger partial charge < -0.3 is 15.2 Å². The number of aryl methyl sites for hydroxylation is 1. The van der Waals surface area contributed by atoms with E-state index in [-0.39, 0.29) is 22.6 Å². The van der Waals surface area contributed by atoms with Crippen molar-refractivity contribution in [1.29, 1.82) is 5.26 Å². The number of nitriles is 1. The minimum atomic E-state index is -0.591. The van der Waals surface area contributed by atoms with Crippen LogP contribution in [-0.2, 0) is 4.79 Å². The van der Waals surface area contributed by atoms with Crippen molar-refractivity contribution in [3.05, 3.63) is 56.5 Å². The zero-order chi connectivity index (χ0) is 18.6. The SMILES string of the molecule is COc1cc(Br)cc(/C=C(\C#N)C(=O)Nc2ccc(Cl)cc2C)c1O. The number of nitrogens with one attached hydrogen (secondary N) is 1. The zero-order valence-corrected chi connectivity index (χ0v) is 15.8. The molecule has 0 spiro atoms. The first-order chi connectivity index (χ1) is 11.8. The van der Waals surface area contributed by atoms with Gasteiger partial charge in [-0.25, -0.2) is 0 Å². The maximum atomic E-state index is 12.4. The summed E-state index contributed by atoms with van der Waals surface area (Å²) in [5.41, 5.74) is 1.44. The molecule has 25 heavy (non-hydrogen) atoms. The summed E-state index contributed by atoms with van der Waals surface area (Å²) in [5, 5.41) is 22.7. The lowest BCUT2D eigenvalue weighted by molar-refractivity contribution is -0.112. The molecule has 0 aromatic heterocycles. The summed E-state index contributed by atoms with van der Waals surface area (Å²) in [7, 11) is 1.41. The molecule has 2 aromatic rings. The first-order valence-electron chi connectivity index (χ1n) is 7.11. The third-order valence-corrected chi connectivity index (χ3v) is 4.08. The summed E-state index contributed by atoms with van der Waals surface area (Å²) in [6.45, 7) is 1.79. The number of carbonyl (C=O) groups excluding carboxylic acids is 1. The van der Waals surface area contributed by atoms with Crippen LogP contribution >= 0.6 is 27.5 Å². The van der Waals surface area contributed by atoms with Crippen LogP contribution in [0.2, 0.25) is 5.02 Å². The molecular weight excluding hydrogens is 408 g/mol. The van der Waals surface area contributed by atoms with Gasteiger partial charge in [-0.05, 0) is 48.9 Å². The van der Waals surface area contributed by atoms with Crippen molar-refractivity contribution in [2.24, 2.45) is 0 Å². The molecule has 0 radical (unpaired) electrons. The second kappa shape index (κ2) is 8.06. The van der Waals surface area contributed by atoms with Crippen molar-refractivity contribution in [3.8, 4) is 17.6 Å². The number of nitrogens with zero attached hydrogens (tertiary/aromatic N) is 1. The lowest BCUT2D eigenvalue weighted by Crippen LogP contribution is -2.14. The van der Waals surface area contributed by atoms with Gasteiger partial charge in [-0.3, -0.25) is 4.79 Å². The Bertz CT molecular complexity index is 904. The van der Waals surface area contributed by atoms with Gasteiger partial charge in [0.2, 0.25) is 0 Å². The molecule has 7 heteroatoms. The van der Waals surface area contributed by atoms with E-state index in [1.165, 1.54) is 13.2 Å². The molecular formula is C18H14BrClN2O3. The standard InChI is InChI=1S/C18H14BrClN2O3/c1-10-5-14(20)3-4-15(10)22-18(24)12(9-21)6-11-7-13(19)8-16(25-2)17(11)23/h3-8,23H,1-2H3,(H,22,24)/b12-6+. The van der Waals surface area contributed by atoms with Gasteiger partial charge in [-0.2, -0.15) is 5.26 Å². The maximum Gasteiger partial charge on any atom is 0.266 e. The van der Waals surface area contributed by atoms with Crippen LogP contribution < -0.4 is 10.1 Å². The highest BCUT2D eigenvalue weighted by atomic mass is 79.9. The second-order valence-corrected chi connectivity index (χ2v) is 6.48. The van der Waals surface area contributed by atoms with Crippen LogP contribution in [0.1, 0.15) is 11.1 Å². The van der Waals surface area contributed by atoms with Crippen LogP contribution in [0.3, 0.4) is 0 Å². The van der Waals surface area contributed by atoms with Gasteiger partial charge in [0.25, 0.3) is 5.91 Å². The summed E-state index contributed by atoms with van der Waals surface area (Å²) in [6, 6.07) is 10.0. The molecule has 0 aliphatic heterocycles. The van der Waals surface area contributed by atoms with Gasteiger partial charge in [0, 0.05) is 20.7 Å². The van der Waals surface area contributed by atoms with E-state index in [1.54, 1.807) is 37.3 Å². The average Bonchev–Trinajstić information content (AvgIpc) is 2.57. The summed E-state index contributed by atoms with van der Waals surface area (Å²) >= 11 is 9.18. The van der Waals surface area contributed by atoms with Gasteiger partial charge in [-0.15, -0.1) is 0 Å². The van der Waals surface area contributed by atoms with E-state index in [4.69, 9.17) is 16.3 Å². The molecule has 128 valence electrons. The predicted octanol–water partition coefficient (Wildman–Crippen LogP) is 4.67. The van der Waals surface area contributed by atoms with Crippen LogP contribution in [0.4, 0.5) is 5.69 Å². The Hall–Kier alpha value is -2.49. The van der Waals surface area contributed by atoms with E-state index >= 15 is 0 Å². The highest BCUT2D eigenvalue weighted by molar-refractivity contribution is 9.10. The van der Waals surface area contributed by atoms with Crippen LogP contribution in [-0.4, -0.2) is 18.1 Å². The molecule has 0 heterocycles. The second-order valence-electron chi connectivity index (χ2n) is 5.13. The Balaban J connectivity index is 2.36. The minimum Gasteiger partial charge on any atom is -0.504 e. The summed E-state index contributed by atoms with van der Waals surface area (Å²) in [6.07, 6.45) is 1.29. The van der Waals surface area contributed by atoms with Crippen molar-refractivity contribution in [2.45, 2.75) is 6.92 Å². The number of anilines is 1. The number of carbonyl (C=O) groups is 1. The Morgan fingerprint density at radius 1 is 1.40 bits per heavy atom. The molecule has 0 unspecified atom stereocenters. The molecule has 2 aromatic carbocycles. The Labute approximate surface area is 158 Å². The molecule has 0 aliphatic carbocycles. The number of methoxy groups -OCH3 is 1. The van der Waals surface area contributed by atoms with Gasteiger partial charge in [0.1, 0.15) is 11.6 Å². The summed E-state index contributed by atoms with van der Waals surface area (Å²) < 4.78 is 5.70. The van der Waals surface area contributed by atoms with Crippen LogP contribution in [0.25, 0.3) is 6.08 Å². The third-order valence-electron chi connectivity index (χ3n) is 3.39. The lowest BCUT2D eigenvalue weighted by Gasteiger charge is -2.09. The zero-order valence-electron chi connectivity index (χ0n) is 13.4. The summed E-state index contributed by atoms with van der Waals surface area (Å²) in [5.74, 6) is -0.521. The number of ether oxygens (including phenoxy) is 1. The number of amides is 1. The topological polar surface area (TPSA) is 82.3 Å². The van der Waals surface area contributed by atoms with Crippen molar-refractivity contribution in [1.82, 2.24) is 0 Å². The van der Waals surface area contributed by atoms with Crippen molar-refractivity contribution < 1.29 is 14.6 Å². The minimum absolute atomic E-state index is 0.158. The lowest BCUT2D eigenvalue weighted by atomic mass is 10.1. The fraction of sp³-hybridized carbons (Fsp3) is 0.111. The number of rotatable bonds is 4. The molecule has 0 bridgehead atoms. The van der Waals surface area contributed by atoms with Gasteiger partial charge in [0.15, 0.2) is 11.5 Å². The number of hydrogen-bond donors (Lipinski definition) is 2. The van der Waals surface area contributed by atoms with Crippen LogP contribution in [0.15, 0.2) is 40.4 Å². The maximum absolute atomic E-state index is 12.4. The molecule has 5 nitrogen and oxygen atoms in total. The monoisotopic (exact) mass is 420 g/mol. The van der Waals surface area contributed by atoms with E-state index in [0.717, 1.165) is 5.56 Å². The van der Waals surface area contributed by atoms with E-state index in [9.17, 15) is 15.2 Å². The number of phenols is 1. The van der Waals surface area contributed by atoms with E-state index < -0.39 is 5.91 Å². The Morgan fingerprint density at radius 2 is 2.12 bits per heavy atom. The van der Waals surface area contributed by atoms with E-state index in [2.05, 4.69) is 21.2 Å². The van der Waals surface area contributed by atoms with E-state index in [1.807, 2.05) is 6.07 Å². The highest BCUT2D eigenvalue weighted by Gasteiger charge is 2.14. The van der Waals surface area contributed by atoms with Crippen molar-refractivity contribution in [3.63, 3.8) is 0 Å². The van der Waals surface area contributed by atoms with Gasteiger partial charge >= 0.3 is 0 Å². The molecule has 0 aliphatic rings. The number of hydrogen-bond acceptors (Lipinski definition) is 4. The van der Waals surface area contributed by atoms with Crippen LogP contribution in [0, 0.1) is 18.3 Å². The smallest absolute Gasteiger partial charge is 0.266 e. The van der Waals surface area contributed by atoms with Gasteiger partial charge in [-0.1, -0.05) is 27.5 Å². The fourth-order valence-electron chi connectivity index (χ4n) is 2.12. The Morgan fingerprint density at radius 3 is 2.72 bits per heavy atom. The molecule has 0 saturated carbocycles. The molecule has 0 saturated heterocycles. The normalized spacial score (nSPS) is 10.9. The first-order valence-corrected chi connectivity index (χ1v) is 8.28. The molecule has 0 fully saturated rings. The molecule has 2 rings (SSSR count). The number of phenolic OH excluding ortho intramolecular Hbond substituents is 1. The van der Waals surface area contributed by atoms with Crippen LogP contribution in [0.5, 0.6) is 11.5 Å². The Kier molecular flexibility index (Phi) is 6.07. The largest absolute Gasteiger partial charge is 0.504 e. The fourth-order valence-corrected chi connectivity index (χ4v) is 2.80. The van der Waals surface area contributed by atoms with E-state index in [0.29, 0.717) is 15.2 Å². The number of halogens is 2. The first kappa shape index (κ1) is 18.8. The average molecular weight is 422 g/mol. The number of aromatic hydroxyl groups is 1. The molecule has 2 N–H and O–H groups in total. The highest BCUT2D eigenvalue weighted by Crippen LogP contribution is 2.35. The predicted molar refractivity (Wildman–Crippen MR) is 101 cm³/mol. The molecule has 1 amide bonds. The third kappa shape index (κ3) is 4.53. The van der Waals surface area contributed by atoms with Gasteiger partial charge in [0.05, 0.1) is 7.11 Å². The molecule has 0 atom stereocenters.